The minimum Gasteiger partial charge on any atom is -0.454 e. The Morgan fingerprint density at radius 3 is 2.36 bits per heavy atom. The maximum atomic E-state index is 13.7. The summed E-state index contributed by atoms with van der Waals surface area (Å²) in [5.74, 6) is 1.11. The van der Waals surface area contributed by atoms with Crippen molar-refractivity contribution < 1.29 is 22.7 Å². The number of carbonyl (C=O) groups is 1. The maximum absolute atomic E-state index is 13.7. The summed E-state index contributed by atoms with van der Waals surface area (Å²) in [5, 5.41) is 0.583. The average molecular weight is 531 g/mol. The van der Waals surface area contributed by atoms with Crippen molar-refractivity contribution in [2.75, 3.05) is 51.0 Å². The van der Waals surface area contributed by atoms with Crippen LogP contribution >= 0.6 is 11.3 Å². The lowest BCUT2D eigenvalue weighted by Gasteiger charge is -2.25. The molecule has 192 valence electrons. The molecular weight excluding hydrogens is 500 g/mol. The zero-order valence-corrected chi connectivity index (χ0v) is 22.1. The van der Waals surface area contributed by atoms with Crippen molar-refractivity contribution >= 4 is 42.6 Å². The highest BCUT2D eigenvalue weighted by molar-refractivity contribution is 7.89. The molecule has 1 aromatic heterocycles. The van der Waals surface area contributed by atoms with Gasteiger partial charge in [-0.15, -0.1) is 0 Å². The lowest BCUT2D eigenvalue weighted by atomic mass is 10.2. The normalized spacial score (nSPS) is 15.8. The topological polar surface area (TPSA) is 92.3 Å². The van der Waals surface area contributed by atoms with Gasteiger partial charge in [-0.05, 0) is 50.2 Å². The van der Waals surface area contributed by atoms with E-state index in [-0.39, 0.29) is 17.6 Å². The fourth-order valence-electron chi connectivity index (χ4n) is 4.49. The fourth-order valence-corrected chi connectivity index (χ4v) is 7.01. The molecule has 3 aromatic rings. The SMILES string of the molecule is CCN(CC)CCN(C(=O)c1ccc(S(=O)(=O)N2CCCC2)cc1)c1nc2cc3c(cc2s1)OCO3. The van der Waals surface area contributed by atoms with Gasteiger partial charge in [0, 0.05) is 43.9 Å². The predicted octanol–water partition coefficient (Wildman–Crippen LogP) is 3.80. The van der Waals surface area contributed by atoms with Gasteiger partial charge in [-0.3, -0.25) is 9.69 Å². The van der Waals surface area contributed by atoms with E-state index in [4.69, 9.17) is 14.5 Å². The fraction of sp³-hybridized carbons (Fsp3) is 0.440. The first-order chi connectivity index (χ1) is 17.4. The largest absolute Gasteiger partial charge is 0.454 e. The highest BCUT2D eigenvalue weighted by atomic mass is 32.2. The van der Waals surface area contributed by atoms with Gasteiger partial charge in [0.05, 0.1) is 15.1 Å². The van der Waals surface area contributed by atoms with Crippen LogP contribution in [-0.2, 0) is 10.0 Å². The van der Waals surface area contributed by atoms with Gasteiger partial charge in [-0.25, -0.2) is 13.4 Å². The third-order valence-corrected chi connectivity index (χ3v) is 9.64. The van der Waals surface area contributed by atoms with Gasteiger partial charge in [0.25, 0.3) is 5.91 Å². The molecule has 2 aromatic carbocycles. The van der Waals surface area contributed by atoms with Crippen LogP contribution < -0.4 is 14.4 Å². The van der Waals surface area contributed by atoms with Crippen LogP contribution in [0.3, 0.4) is 0 Å². The van der Waals surface area contributed by atoms with Crippen LogP contribution in [0, 0.1) is 0 Å². The van der Waals surface area contributed by atoms with E-state index in [2.05, 4.69) is 18.7 Å². The van der Waals surface area contributed by atoms with E-state index in [0.29, 0.717) is 48.4 Å². The number of hydrogen-bond acceptors (Lipinski definition) is 8. The van der Waals surface area contributed by atoms with Crippen molar-refractivity contribution in [2.24, 2.45) is 0 Å². The number of nitrogens with zero attached hydrogens (tertiary/aromatic N) is 4. The van der Waals surface area contributed by atoms with Crippen molar-refractivity contribution in [3.63, 3.8) is 0 Å². The van der Waals surface area contributed by atoms with Gasteiger partial charge >= 0.3 is 0 Å². The third kappa shape index (κ3) is 4.80. The van der Waals surface area contributed by atoms with Gasteiger partial charge in [0.1, 0.15) is 0 Å². The Labute approximate surface area is 215 Å². The second-order valence-electron chi connectivity index (χ2n) is 8.79. The summed E-state index contributed by atoms with van der Waals surface area (Å²) in [4.78, 5) is 22.6. The van der Waals surface area contributed by atoms with Crippen molar-refractivity contribution in [3.05, 3.63) is 42.0 Å². The van der Waals surface area contributed by atoms with E-state index in [1.54, 1.807) is 17.0 Å². The number of ether oxygens (including phenoxy) is 2. The number of rotatable bonds is 9. The number of thiazole rings is 1. The van der Waals surface area contributed by atoms with Crippen LogP contribution in [0.1, 0.15) is 37.0 Å². The molecule has 11 heteroatoms. The molecule has 9 nitrogen and oxygen atoms in total. The van der Waals surface area contributed by atoms with E-state index in [9.17, 15) is 13.2 Å². The highest BCUT2D eigenvalue weighted by Crippen LogP contribution is 2.40. The Kier molecular flexibility index (Phi) is 7.16. The minimum atomic E-state index is -3.54. The van der Waals surface area contributed by atoms with Gasteiger partial charge in [-0.1, -0.05) is 25.2 Å². The summed E-state index contributed by atoms with van der Waals surface area (Å²) in [7, 11) is -3.54. The number of benzene rings is 2. The van der Waals surface area contributed by atoms with Crippen molar-refractivity contribution in [2.45, 2.75) is 31.6 Å². The summed E-state index contributed by atoms with van der Waals surface area (Å²) in [5.41, 5.74) is 1.16. The first-order valence-electron chi connectivity index (χ1n) is 12.3. The van der Waals surface area contributed by atoms with Crippen LogP contribution in [0.4, 0.5) is 5.13 Å². The minimum absolute atomic E-state index is 0.192. The number of anilines is 1. The van der Waals surface area contributed by atoms with E-state index in [1.165, 1.54) is 27.8 Å². The summed E-state index contributed by atoms with van der Waals surface area (Å²) >= 11 is 1.42. The van der Waals surface area contributed by atoms with Gasteiger partial charge in [-0.2, -0.15) is 4.31 Å². The summed E-state index contributed by atoms with van der Waals surface area (Å²) in [6, 6.07) is 9.98. The number of likely N-dealkylation sites (N-methyl/N-ethyl adjacent to an activating group) is 1. The van der Waals surface area contributed by atoms with Gasteiger partial charge in [0.15, 0.2) is 16.6 Å². The molecule has 1 amide bonds. The molecule has 0 spiro atoms. The second-order valence-corrected chi connectivity index (χ2v) is 11.7. The standard InChI is InChI=1S/C25H30N4O5S2/c1-3-27(4-2)13-14-29(25-26-20-15-21-22(34-17-33-21)16-23(20)35-25)24(30)18-7-9-19(10-8-18)36(31,32)28-11-5-6-12-28/h7-10,15-16H,3-6,11-14,17H2,1-2H3. The monoisotopic (exact) mass is 530 g/mol. The Balaban J connectivity index is 1.44. The summed E-state index contributed by atoms with van der Waals surface area (Å²) in [6.45, 7) is 8.37. The van der Waals surface area contributed by atoms with Crippen molar-refractivity contribution in [3.8, 4) is 11.5 Å². The Morgan fingerprint density at radius 1 is 1.03 bits per heavy atom. The number of hydrogen-bond donors (Lipinski definition) is 0. The summed E-state index contributed by atoms with van der Waals surface area (Å²) < 4.78 is 39.2. The number of aromatic nitrogens is 1. The Hall–Kier alpha value is -2.73. The number of carbonyl (C=O) groups excluding carboxylic acids is 1. The number of amides is 1. The lowest BCUT2D eigenvalue weighted by molar-refractivity contribution is 0.0983. The Bertz CT molecular complexity index is 1310. The quantitative estimate of drug-likeness (QED) is 0.416. The molecule has 5 rings (SSSR count). The van der Waals surface area contributed by atoms with E-state index in [0.717, 1.165) is 36.1 Å². The van der Waals surface area contributed by atoms with Gasteiger partial charge in [0.2, 0.25) is 16.8 Å². The Morgan fingerprint density at radius 2 is 1.69 bits per heavy atom. The zero-order valence-electron chi connectivity index (χ0n) is 20.5. The predicted molar refractivity (Wildman–Crippen MR) is 140 cm³/mol. The molecule has 1 saturated heterocycles. The molecule has 0 unspecified atom stereocenters. The molecule has 2 aliphatic heterocycles. The van der Waals surface area contributed by atoms with Gasteiger partial charge < -0.3 is 14.4 Å². The first kappa shape index (κ1) is 24.9. The zero-order chi connectivity index (χ0) is 25.3. The van der Waals surface area contributed by atoms with Crippen LogP contribution in [0.5, 0.6) is 11.5 Å². The van der Waals surface area contributed by atoms with Crippen LogP contribution in [0.15, 0.2) is 41.3 Å². The second kappa shape index (κ2) is 10.3. The molecule has 2 aliphatic rings. The molecule has 0 N–H and O–H groups in total. The van der Waals surface area contributed by atoms with Crippen molar-refractivity contribution in [1.82, 2.24) is 14.2 Å². The maximum Gasteiger partial charge on any atom is 0.260 e. The molecule has 0 bridgehead atoms. The van der Waals surface area contributed by atoms with E-state index >= 15 is 0 Å². The molecular formula is C25H30N4O5S2. The third-order valence-electron chi connectivity index (χ3n) is 6.69. The molecule has 36 heavy (non-hydrogen) atoms. The molecule has 0 radical (unpaired) electrons. The summed E-state index contributed by atoms with van der Waals surface area (Å²) in [6.07, 6.45) is 1.75. The lowest BCUT2D eigenvalue weighted by Crippen LogP contribution is -2.38. The van der Waals surface area contributed by atoms with E-state index in [1.807, 2.05) is 12.1 Å². The molecule has 0 aliphatic carbocycles. The molecule has 0 atom stereocenters. The van der Waals surface area contributed by atoms with Crippen molar-refractivity contribution in [1.29, 1.82) is 0 Å². The van der Waals surface area contributed by atoms with Crippen LogP contribution in [-0.4, -0.2) is 74.6 Å². The average Bonchev–Trinajstić information content (AvgIpc) is 3.66. The molecule has 3 heterocycles. The first-order valence-corrected chi connectivity index (χ1v) is 14.5. The number of fused-ring (bicyclic) bond motifs is 2. The highest BCUT2D eigenvalue weighted by Gasteiger charge is 2.28. The van der Waals surface area contributed by atoms with E-state index < -0.39 is 10.0 Å². The van der Waals surface area contributed by atoms with Crippen LogP contribution in [0.25, 0.3) is 10.2 Å². The molecule has 0 saturated carbocycles. The smallest absolute Gasteiger partial charge is 0.260 e. The van der Waals surface area contributed by atoms with Crippen LogP contribution in [0.2, 0.25) is 0 Å². The molecule has 1 fully saturated rings. The number of sulfonamides is 1.